The molecule has 1 unspecified atom stereocenters. The van der Waals surface area contributed by atoms with Crippen molar-refractivity contribution in [2.45, 2.75) is 19.4 Å². The van der Waals surface area contributed by atoms with Crippen LogP contribution >= 0.6 is 0 Å². The summed E-state index contributed by atoms with van der Waals surface area (Å²) < 4.78 is 15.7. The molecule has 0 bridgehead atoms. The number of carbonyl (C=O) groups is 1. The van der Waals surface area contributed by atoms with Gasteiger partial charge in [-0.05, 0) is 31.6 Å². The largest absolute Gasteiger partial charge is 0.482 e. The number of fused-ring (bicyclic) bond motifs is 1. The van der Waals surface area contributed by atoms with Gasteiger partial charge in [0.15, 0.2) is 12.0 Å². The van der Waals surface area contributed by atoms with Gasteiger partial charge in [0.2, 0.25) is 0 Å². The molecule has 124 valence electrons. The van der Waals surface area contributed by atoms with Crippen molar-refractivity contribution in [3.8, 4) is 5.75 Å². The number of hydrogen-bond acceptors (Lipinski definition) is 6. The van der Waals surface area contributed by atoms with Gasteiger partial charge in [-0.3, -0.25) is 9.79 Å². The van der Waals surface area contributed by atoms with Crippen molar-refractivity contribution in [2.75, 3.05) is 13.2 Å². The zero-order valence-electron chi connectivity index (χ0n) is 13.2. The quantitative estimate of drug-likeness (QED) is 0.789. The SMILES string of the molecule is CCOC(=O)COc1ccc2c(=O)c(C3CC=CC=N3)coc2c1. The molecule has 0 fully saturated rings. The zero-order valence-corrected chi connectivity index (χ0v) is 13.2. The third kappa shape index (κ3) is 3.37. The number of rotatable bonds is 5. The fraction of sp³-hybridized carbons (Fsp3) is 0.278. The van der Waals surface area contributed by atoms with Gasteiger partial charge in [-0.25, -0.2) is 4.79 Å². The van der Waals surface area contributed by atoms with Crippen molar-refractivity contribution in [1.29, 1.82) is 0 Å². The lowest BCUT2D eigenvalue weighted by atomic mass is 10.0. The summed E-state index contributed by atoms with van der Waals surface area (Å²) in [4.78, 5) is 28.2. The lowest BCUT2D eigenvalue weighted by molar-refractivity contribution is -0.145. The average molecular weight is 327 g/mol. The predicted molar refractivity (Wildman–Crippen MR) is 89.6 cm³/mol. The molecule has 0 N–H and O–H groups in total. The van der Waals surface area contributed by atoms with E-state index in [1.165, 1.54) is 6.26 Å². The molecule has 0 radical (unpaired) electrons. The van der Waals surface area contributed by atoms with E-state index in [1.54, 1.807) is 31.3 Å². The summed E-state index contributed by atoms with van der Waals surface area (Å²) in [5.74, 6) is -0.0114. The van der Waals surface area contributed by atoms with Crippen LogP contribution in [0.25, 0.3) is 11.0 Å². The van der Waals surface area contributed by atoms with Gasteiger partial charge in [0.05, 0.1) is 23.6 Å². The molecule has 0 aliphatic carbocycles. The number of nitrogens with zero attached hydrogens (tertiary/aromatic N) is 1. The van der Waals surface area contributed by atoms with Crippen LogP contribution in [0.3, 0.4) is 0 Å². The van der Waals surface area contributed by atoms with Gasteiger partial charge in [-0.15, -0.1) is 0 Å². The number of ether oxygens (including phenoxy) is 2. The number of benzene rings is 1. The normalized spacial score (nSPS) is 16.3. The van der Waals surface area contributed by atoms with Crippen molar-refractivity contribution < 1.29 is 18.7 Å². The Morgan fingerprint density at radius 3 is 3.04 bits per heavy atom. The minimum absolute atomic E-state index is 0.106. The van der Waals surface area contributed by atoms with Crippen LogP contribution in [0.5, 0.6) is 5.75 Å². The van der Waals surface area contributed by atoms with Crippen LogP contribution in [0.1, 0.15) is 24.9 Å². The molecular formula is C18H17NO5. The number of aliphatic imine (C=N–C) groups is 1. The van der Waals surface area contributed by atoms with Crippen molar-refractivity contribution in [2.24, 2.45) is 4.99 Å². The highest BCUT2D eigenvalue weighted by Gasteiger charge is 2.17. The molecular weight excluding hydrogens is 310 g/mol. The molecule has 1 aliphatic rings. The molecule has 24 heavy (non-hydrogen) atoms. The van der Waals surface area contributed by atoms with Crippen LogP contribution in [0.15, 0.2) is 50.8 Å². The first kappa shape index (κ1) is 16.0. The number of esters is 1. The topological polar surface area (TPSA) is 78.1 Å². The highest BCUT2D eigenvalue weighted by Crippen LogP contribution is 2.25. The van der Waals surface area contributed by atoms with Crippen LogP contribution in [0, 0.1) is 0 Å². The Balaban J connectivity index is 1.84. The van der Waals surface area contributed by atoms with E-state index in [0.717, 1.165) is 0 Å². The third-order valence-electron chi connectivity index (χ3n) is 3.64. The van der Waals surface area contributed by atoms with Crippen LogP contribution in [0.4, 0.5) is 0 Å². The van der Waals surface area contributed by atoms with Crippen LogP contribution in [-0.2, 0) is 9.53 Å². The van der Waals surface area contributed by atoms with Gasteiger partial charge in [-0.2, -0.15) is 0 Å². The highest BCUT2D eigenvalue weighted by atomic mass is 16.6. The van der Waals surface area contributed by atoms with Crippen molar-refractivity contribution in [3.63, 3.8) is 0 Å². The summed E-state index contributed by atoms with van der Waals surface area (Å²) in [5, 5.41) is 0.459. The predicted octanol–water partition coefficient (Wildman–Crippen LogP) is 2.81. The van der Waals surface area contributed by atoms with Gasteiger partial charge in [0.1, 0.15) is 17.6 Å². The highest BCUT2D eigenvalue weighted by molar-refractivity contribution is 5.79. The Morgan fingerprint density at radius 1 is 1.42 bits per heavy atom. The van der Waals surface area contributed by atoms with E-state index >= 15 is 0 Å². The van der Waals surface area contributed by atoms with Gasteiger partial charge in [0, 0.05) is 12.3 Å². The van der Waals surface area contributed by atoms with E-state index in [0.29, 0.717) is 35.3 Å². The Kier molecular flexibility index (Phi) is 4.74. The summed E-state index contributed by atoms with van der Waals surface area (Å²) in [6, 6.07) is 4.64. The van der Waals surface area contributed by atoms with Crippen molar-refractivity contribution in [3.05, 3.63) is 52.4 Å². The number of allylic oxidation sites excluding steroid dienone is 1. The van der Waals surface area contributed by atoms with Gasteiger partial charge in [-0.1, -0.05) is 6.08 Å². The fourth-order valence-corrected chi connectivity index (χ4v) is 2.48. The number of carbonyl (C=O) groups excluding carboxylic acids is 1. The van der Waals surface area contributed by atoms with Gasteiger partial charge >= 0.3 is 5.97 Å². The Bertz CT molecular complexity index is 865. The molecule has 6 nitrogen and oxygen atoms in total. The van der Waals surface area contributed by atoms with Gasteiger partial charge in [0.25, 0.3) is 0 Å². The van der Waals surface area contributed by atoms with Crippen molar-refractivity contribution in [1.82, 2.24) is 0 Å². The lowest BCUT2D eigenvalue weighted by Crippen LogP contribution is -2.15. The lowest BCUT2D eigenvalue weighted by Gasteiger charge is -2.12. The standard InChI is InChI=1S/C18H17NO5/c1-2-22-17(20)11-23-12-6-7-13-16(9-12)24-10-14(18(13)21)15-5-3-4-8-19-15/h3-4,6-10,15H,2,5,11H2,1H3. The molecule has 1 aromatic heterocycles. The molecule has 0 amide bonds. The molecule has 1 atom stereocenters. The molecule has 2 heterocycles. The summed E-state index contributed by atoms with van der Waals surface area (Å²) in [6.07, 6.45) is 7.62. The minimum Gasteiger partial charge on any atom is -0.482 e. The summed E-state index contributed by atoms with van der Waals surface area (Å²) >= 11 is 0. The van der Waals surface area contributed by atoms with E-state index in [4.69, 9.17) is 13.9 Å². The van der Waals surface area contributed by atoms with E-state index in [1.807, 2.05) is 12.2 Å². The van der Waals surface area contributed by atoms with E-state index < -0.39 is 5.97 Å². The maximum Gasteiger partial charge on any atom is 0.344 e. The van der Waals surface area contributed by atoms with E-state index in [2.05, 4.69) is 4.99 Å². The molecule has 0 saturated heterocycles. The Morgan fingerprint density at radius 2 is 2.29 bits per heavy atom. The van der Waals surface area contributed by atoms with Gasteiger partial charge < -0.3 is 13.9 Å². The molecule has 0 spiro atoms. The molecule has 1 aliphatic heterocycles. The zero-order chi connectivity index (χ0) is 16.9. The maximum absolute atomic E-state index is 12.6. The second-order valence-electron chi connectivity index (χ2n) is 5.25. The van der Waals surface area contributed by atoms with E-state index in [-0.39, 0.29) is 18.1 Å². The molecule has 3 rings (SSSR count). The number of dihydropyridines is 1. The van der Waals surface area contributed by atoms with E-state index in [9.17, 15) is 9.59 Å². The van der Waals surface area contributed by atoms with Crippen LogP contribution < -0.4 is 10.2 Å². The first-order chi connectivity index (χ1) is 11.7. The smallest absolute Gasteiger partial charge is 0.344 e. The summed E-state index contributed by atoms with van der Waals surface area (Å²) in [7, 11) is 0. The molecule has 0 saturated carbocycles. The Labute approximate surface area is 138 Å². The first-order valence-corrected chi connectivity index (χ1v) is 7.71. The van der Waals surface area contributed by atoms with Crippen LogP contribution in [-0.4, -0.2) is 25.4 Å². The second kappa shape index (κ2) is 7.12. The Hall–Kier alpha value is -2.89. The molecule has 2 aromatic rings. The average Bonchev–Trinajstić information content (AvgIpc) is 2.61. The maximum atomic E-state index is 12.6. The summed E-state index contributed by atoms with van der Waals surface area (Å²) in [6.45, 7) is 1.84. The van der Waals surface area contributed by atoms with Crippen molar-refractivity contribution >= 4 is 23.2 Å². The fourth-order valence-electron chi connectivity index (χ4n) is 2.48. The van der Waals surface area contributed by atoms with Crippen LogP contribution in [0.2, 0.25) is 0 Å². The monoisotopic (exact) mass is 327 g/mol. The third-order valence-corrected chi connectivity index (χ3v) is 3.64. The second-order valence-corrected chi connectivity index (χ2v) is 5.25. The summed E-state index contributed by atoms with van der Waals surface area (Å²) in [5.41, 5.74) is 0.828. The molecule has 6 heteroatoms. The molecule has 1 aromatic carbocycles. The number of hydrogen-bond donors (Lipinski definition) is 0. The minimum atomic E-state index is -0.447. The first-order valence-electron chi connectivity index (χ1n) is 7.71.